The van der Waals surface area contributed by atoms with E-state index in [0.717, 1.165) is 34.3 Å². The first kappa shape index (κ1) is 23.2. The van der Waals surface area contributed by atoms with E-state index in [1.807, 2.05) is 13.1 Å². The summed E-state index contributed by atoms with van der Waals surface area (Å²) in [7, 11) is 1.91. The van der Waals surface area contributed by atoms with Gasteiger partial charge in [-0.15, -0.1) is 23.5 Å². The molecule has 5 heteroatoms. The first-order valence-corrected chi connectivity index (χ1v) is 11.5. The van der Waals surface area contributed by atoms with Crippen molar-refractivity contribution in [2.75, 3.05) is 25.1 Å². The SMILES string of the molecule is CCCSC(=S)SC/C=C/CCC(c1ccccc1)C(C)(C#N)CNC. The molecule has 0 saturated heterocycles. The molecular formula is C21H30N2S3. The van der Waals surface area contributed by atoms with Gasteiger partial charge < -0.3 is 5.32 Å². The molecule has 0 fully saturated rings. The molecule has 1 aromatic rings. The number of benzene rings is 1. The van der Waals surface area contributed by atoms with Crippen LogP contribution in [0, 0.1) is 16.7 Å². The Labute approximate surface area is 173 Å². The summed E-state index contributed by atoms with van der Waals surface area (Å²) >= 11 is 8.85. The maximum Gasteiger partial charge on any atom is 0.104 e. The first-order valence-electron chi connectivity index (χ1n) is 9.12. The largest absolute Gasteiger partial charge is 0.318 e. The number of nitrogens with zero attached hydrogens (tertiary/aromatic N) is 1. The van der Waals surface area contributed by atoms with E-state index in [1.165, 1.54) is 5.56 Å². The van der Waals surface area contributed by atoms with Crippen molar-refractivity contribution < 1.29 is 0 Å². The molecule has 2 atom stereocenters. The minimum atomic E-state index is -0.420. The monoisotopic (exact) mass is 406 g/mol. The average Bonchev–Trinajstić information content (AvgIpc) is 2.66. The fourth-order valence-corrected chi connectivity index (χ4v) is 4.92. The lowest BCUT2D eigenvalue weighted by Crippen LogP contribution is -2.34. The molecule has 0 spiro atoms. The molecule has 142 valence electrons. The van der Waals surface area contributed by atoms with Crippen LogP contribution in [-0.4, -0.2) is 28.6 Å². The van der Waals surface area contributed by atoms with Gasteiger partial charge in [0.2, 0.25) is 0 Å². The van der Waals surface area contributed by atoms with Gasteiger partial charge in [0.25, 0.3) is 0 Å². The summed E-state index contributed by atoms with van der Waals surface area (Å²) in [6.07, 6.45) is 7.52. The topological polar surface area (TPSA) is 35.8 Å². The Bertz CT molecular complexity index is 595. The van der Waals surface area contributed by atoms with Crippen LogP contribution in [0.15, 0.2) is 42.5 Å². The smallest absolute Gasteiger partial charge is 0.104 e. The number of nitriles is 1. The number of nitrogens with one attached hydrogen (secondary N) is 1. The Hall–Kier alpha value is -0.800. The van der Waals surface area contributed by atoms with Gasteiger partial charge in [0, 0.05) is 18.2 Å². The Morgan fingerprint density at radius 2 is 2.04 bits per heavy atom. The van der Waals surface area contributed by atoms with E-state index in [9.17, 15) is 5.26 Å². The summed E-state index contributed by atoms with van der Waals surface area (Å²) in [5, 5.41) is 13.0. The lowest BCUT2D eigenvalue weighted by molar-refractivity contribution is 0.322. The Balaban J connectivity index is 2.61. The number of hydrogen-bond acceptors (Lipinski definition) is 5. The summed E-state index contributed by atoms with van der Waals surface area (Å²) in [6.45, 7) is 4.92. The predicted molar refractivity (Wildman–Crippen MR) is 123 cm³/mol. The first-order chi connectivity index (χ1) is 12.6. The number of rotatable bonds is 11. The summed E-state index contributed by atoms with van der Waals surface area (Å²) in [6, 6.07) is 13.0. The van der Waals surface area contributed by atoms with Crippen LogP contribution in [0.4, 0.5) is 0 Å². The van der Waals surface area contributed by atoms with E-state index in [4.69, 9.17) is 12.2 Å². The zero-order valence-electron chi connectivity index (χ0n) is 16.0. The van der Waals surface area contributed by atoms with Gasteiger partial charge in [0.05, 0.1) is 11.5 Å². The third-order valence-corrected chi connectivity index (χ3v) is 7.14. The molecule has 0 aliphatic rings. The zero-order valence-corrected chi connectivity index (χ0v) is 18.5. The molecule has 1 rings (SSSR count). The molecule has 26 heavy (non-hydrogen) atoms. The molecular weight excluding hydrogens is 376 g/mol. The molecule has 2 unspecified atom stereocenters. The van der Waals surface area contributed by atoms with E-state index in [-0.39, 0.29) is 5.92 Å². The summed E-state index contributed by atoms with van der Waals surface area (Å²) in [4.78, 5) is 0. The van der Waals surface area contributed by atoms with Gasteiger partial charge in [0.1, 0.15) is 3.53 Å². The normalized spacial score (nSPS) is 14.7. The molecule has 0 radical (unpaired) electrons. The molecule has 0 heterocycles. The van der Waals surface area contributed by atoms with E-state index in [1.54, 1.807) is 23.5 Å². The van der Waals surface area contributed by atoms with Crippen molar-refractivity contribution in [1.29, 1.82) is 5.26 Å². The third-order valence-electron chi connectivity index (χ3n) is 4.28. The Morgan fingerprint density at radius 1 is 1.31 bits per heavy atom. The highest BCUT2D eigenvalue weighted by molar-refractivity contribution is 8.47. The Morgan fingerprint density at radius 3 is 2.65 bits per heavy atom. The maximum atomic E-state index is 9.79. The number of thioether (sulfide) groups is 2. The molecule has 0 aliphatic carbocycles. The van der Waals surface area contributed by atoms with Crippen molar-refractivity contribution in [3.05, 3.63) is 48.0 Å². The van der Waals surface area contributed by atoms with Crippen LogP contribution in [0.1, 0.15) is 44.6 Å². The minimum Gasteiger partial charge on any atom is -0.318 e. The fraction of sp³-hybridized carbons (Fsp3) is 0.524. The summed E-state index contributed by atoms with van der Waals surface area (Å²) < 4.78 is 1.03. The Kier molecular flexibility index (Phi) is 12.0. The highest BCUT2D eigenvalue weighted by atomic mass is 32.2. The second-order valence-electron chi connectivity index (χ2n) is 6.48. The fourth-order valence-electron chi connectivity index (χ4n) is 2.94. The zero-order chi connectivity index (χ0) is 19.3. The molecule has 2 nitrogen and oxygen atoms in total. The highest BCUT2D eigenvalue weighted by Crippen LogP contribution is 2.38. The van der Waals surface area contributed by atoms with Crippen molar-refractivity contribution in [2.45, 2.75) is 39.0 Å². The van der Waals surface area contributed by atoms with E-state index < -0.39 is 5.41 Å². The van der Waals surface area contributed by atoms with E-state index in [0.29, 0.717) is 6.54 Å². The van der Waals surface area contributed by atoms with Crippen LogP contribution in [0.3, 0.4) is 0 Å². The van der Waals surface area contributed by atoms with Crippen molar-refractivity contribution in [2.24, 2.45) is 5.41 Å². The molecule has 0 saturated carbocycles. The van der Waals surface area contributed by atoms with Crippen molar-refractivity contribution >= 4 is 39.3 Å². The summed E-state index contributed by atoms with van der Waals surface area (Å²) in [5.74, 6) is 2.24. The number of allylic oxidation sites excluding steroid dienone is 1. The van der Waals surface area contributed by atoms with Crippen LogP contribution in [0.2, 0.25) is 0 Å². The molecule has 0 aromatic heterocycles. The molecule has 0 bridgehead atoms. The summed E-state index contributed by atoms with van der Waals surface area (Å²) in [5.41, 5.74) is 0.823. The van der Waals surface area contributed by atoms with E-state index >= 15 is 0 Å². The van der Waals surface area contributed by atoms with E-state index in [2.05, 4.69) is 61.7 Å². The van der Waals surface area contributed by atoms with Crippen LogP contribution in [-0.2, 0) is 0 Å². The van der Waals surface area contributed by atoms with Crippen molar-refractivity contribution in [1.82, 2.24) is 5.32 Å². The lowest BCUT2D eigenvalue weighted by atomic mass is 9.72. The molecule has 0 aliphatic heterocycles. The van der Waals surface area contributed by atoms with Gasteiger partial charge in [-0.25, -0.2) is 0 Å². The van der Waals surface area contributed by atoms with Crippen LogP contribution >= 0.6 is 35.7 Å². The maximum absolute atomic E-state index is 9.79. The van der Waals surface area contributed by atoms with Gasteiger partial charge in [-0.1, -0.05) is 61.6 Å². The van der Waals surface area contributed by atoms with Gasteiger partial charge in [-0.2, -0.15) is 5.26 Å². The molecule has 0 amide bonds. The quantitative estimate of drug-likeness (QED) is 0.359. The third kappa shape index (κ3) is 8.26. The number of hydrogen-bond donors (Lipinski definition) is 1. The van der Waals surface area contributed by atoms with Crippen LogP contribution in [0.25, 0.3) is 0 Å². The van der Waals surface area contributed by atoms with Crippen molar-refractivity contribution in [3.63, 3.8) is 0 Å². The van der Waals surface area contributed by atoms with Gasteiger partial charge in [0.15, 0.2) is 0 Å². The standard InChI is InChI=1S/C21H30N2S3/c1-4-14-25-20(24)26-15-10-6-9-13-19(18-11-7-5-8-12-18)21(2,16-22)17-23-3/h5-8,10-12,19,23H,4,9,13-15,17H2,1-3H3/b10-6+. The second kappa shape index (κ2) is 13.4. The predicted octanol–water partition coefficient (Wildman–Crippen LogP) is 6.02. The number of thiocarbonyl (C=S) groups is 1. The van der Waals surface area contributed by atoms with Crippen LogP contribution in [0.5, 0.6) is 0 Å². The van der Waals surface area contributed by atoms with Gasteiger partial charge in [-0.05, 0) is 44.6 Å². The lowest BCUT2D eigenvalue weighted by Gasteiger charge is -2.32. The molecule has 1 N–H and O–H groups in total. The van der Waals surface area contributed by atoms with Crippen LogP contribution < -0.4 is 5.32 Å². The van der Waals surface area contributed by atoms with Gasteiger partial charge >= 0.3 is 0 Å². The molecule has 1 aromatic carbocycles. The van der Waals surface area contributed by atoms with Gasteiger partial charge in [-0.3, -0.25) is 0 Å². The van der Waals surface area contributed by atoms with Crippen molar-refractivity contribution in [3.8, 4) is 6.07 Å². The highest BCUT2D eigenvalue weighted by Gasteiger charge is 2.34. The minimum absolute atomic E-state index is 0.208. The average molecular weight is 407 g/mol. The second-order valence-corrected chi connectivity index (χ2v) is 9.80.